The Morgan fingerprint density at radius 1 is 0.939 bits per heavy atom. The van der Waals surface area contributed by atoms with E-state index in [9.17, 15) is 8.42 Å². The Kier molecular flexibility index (Phi) is 8.36. The molecular formula is C22H33BN2O7S. The summed E-state index contributed by atoms with van der Waals surface area (Å²) in [4.78, 5) is 0.136. The molecule has 1 aromatic carbocycles. The SMILES string of the molecule is Cc1ccc(S(=O)(=O)OCCOCCOCCn2cc(B3OC(C)(C)C(C)(C)O3)cn2)cc1. The third-order valence-corrected chi connectivity index (χ3v) is 7.12. The molecule has 1 aromatic heterocycles. The summed E-state index contributed by atoms with van der Waals surface area (Å²) in [6, 6.07) is 6.51. The highest BCUT2D eigenvalue weighted by Gasteiger charge is 2.52. The molecule has 1 fully saturated rings. The molecule has 0 unspecified atom stereocenters. The van der Waals surface area contributed by atoms with Crippen LogP contribution in [0, 0.1) is 6.92 Å². The number of rotatable bonds is 12. The van der Waals surface area contributed by atoms with E-state index in [-0.39, 0.29) is 18.1 Å². The molecule has 33 heavy (non-hydrogen) atoms. The van der Waals surface area contributed by atoms with Gasteiger partial charge in [-0.3, -0.25) is 8.86 Å². The average molecular weight is 480 g/mol. The molecule has 11 heteroatoms. The number of nitrogens with zero attached hydrogens (tertiary/aromatic N) is 2. The van der Waals surface area contributed by atoms with Crippen LogP contribution in [0.3, 0.4) is 0 Å². The molecule has 0 aliphatic carbocycles. The fourth-order valence-electron chi connectivity index (χ4n) is 3.06. The van der Waals surface area contributed by atoms with Crippen molar-refractivity contribution in [1.29, 1.82) is 0 Å². The minimum Gasteiger partial charge on any atom is -0.399 e. The first kappa shape index (κ1) is 25.9. The van der Waals surface area contributed by atoms with Gasteiger partial charge >= 0.3 is 7.12 Å². The summed E-state index contributed by atoms with van der Waals surface area (Å²) in [7, 11) is -4.20. The third kappa shape index (κ3) is 6.87. The van der Waals surface area contributed by atoms with Gasteiger partial charge in [0.2, 0.25) is 0 Å². The predicted molar refractivity (Wildman–Crippen MR) is 124 cm³/mol. The first-order chi connectivity index (χ1) is 15.5. The molecule has 0 bridgehead atoms. The van der Waals surface area contributed by atoms with Gasteiger partial charge in [-0.2, -0.15) is 13.5 Å². The van der Waals surface area contributed by atoms with E-state index < -0.39 is 28.4 Å². The van der Waals surface area contributed by atoms with E-state index in [0.717, 1.165) is 11.0 Å². The van der Waals surface area contributed by atoms with E-state index in [0.29, 0.717) is 26.4 Å². The highest BCUT2D eigenvalue weighted by atomic mass is 32.2. The number of aromatic nitrogens is 2. The molecule has 0 spiro atoms. The Morgan fingerprint density at radius 2 is 1.52 bits per heavy atom. The van der Waals surface area contributed by atoms with Gasteiger partial charge in [-0.1, -0.05) is 17.7 Å². The second kappa shape index (κ2) is 10.7. The first-order valence-electron chi connectivity index (χ1n) is 11.0. The largest absolute Gasteiger partial charge is 0.498 e. The lowest BCUT2D eigenvalue weighted by Gasteiger charge is -2.32. The van der Waals surface area contributed by atoms with Gasteiger partial charge in [0.05, 0.1) is 55.7 Å². The highest BCUT2D eigenvalue weighted by molar-refractivity contribution is 7.86. The molecular weight excluding hydrogens is 447 g/mol. The Morgan fingerprint density at radius 3 is 2.15 bits per heavy atom. The van der Waals surface area contributed by atoms with Crippen LogP contribution >= 0.6 is 0 Å². The lowest BCUT2D eigenvalue weighted by molar-refractivity contribution is 0.00578. The fourth-order valence-corrected chi connectivity index (χ4v) is 3.95. The number of hydrogen-bond donors (Lipinski definition) is 0. The lowest BCUT2D eigenvalue weighted by Crippen LogP contribution is -2.41. The maximum absolute atomic E-state index is 12.1. The van der Waals surface area contributed by atoms with Gasteiger partial charge in [0.15, 0.2) is 0 Å². The molecule has 0 radical (unpaired) electrons. The molecule has 2 aromatic rings. The Labute approximate surface area is 196 Å². The van der Waals surface area contributed by atoms with Crippen LogP contribution in [-0.2, 0) is 39.6 Å². The lowest BCUT2D eigenvalue weighted by atomic mass is 9.82. The Bertz CT molecular complexity index is 990. The number of ether oxygens (including phenoxy) is 2. The number of hydrogen-bond acceptors (Lipinski definition) is 8. The predicted octanol–water partition coefficient (Wildman–Crippen LogP) is 1.93. The zero-order valence-electron chi connectivity index (χ0n) is 19.9. The number of aryl methyl sites for hydroxylation is 1. The van der Waals surface area contributed by atoms with Crippen molar-refractivity contribution >= 4 is 22.7 Å². The highest BCUT2D eigenvalue weighted by Crippen LogP contribution is 2.36. The van der Waals surface area contributed by atoms with E-state index in [1.165, 1.54) is 12.1 Å². The minimum atomic E-state index is -3.77. The smallest absolute Gasteiger partial charge is 0.399 e. The van der Waals surface area contributed by atoms with Crippen molar-refractivity contribution in [3.8, 4) is 0 Å². The topological polar surface area (TPSA) is 98.1 Å². The monoisotopic (exact) mass is 480 g/mol. The van der Waals surface area contributed by atoms with Crippen molar-refractivity contribution in [3.05, 3.63) is 42.2 Å². The maximum Gasteiger partial charge on any atom is 0.498 e. The van der Waals surface area contributed by atoms with Gasteiger partial charge in [-0.25, -0.2) is 0 Å². The van der Waals surface area contributed by atoms with Crippen molar-refractivity contribution < 1.29 is 31.4 Å². The zero-order valence-corrected chi connectivity index (χ0v) is 20.8. The summed E-state index contributed by atoms with van der Waals surface area (Å²) in [6.45, 7) is 11.8. The molecule has 0 N–H and O–H groups in total. The van der Waals surface area contributed by atoms with Gasteiger partial charge in [0.25, 0.3) is 10.1 Å². The summed E-state index contributed by atoms with van der Waals surface area (Å²) in [5.41, 5.74) is 1.07. The van der Waals surface area contributed by atoms with Crippen molar-refractivity contribution in [2.75, 3.05) is 33.0 Å². The molecule has 1 aliphatic rings. The second-order valence-electron chi connectivity index (χ2n) is 8.94. The van der Waals surface area contributed by atoms with Gasteiger partial charge in [0.1, 0.15) is 0 Å². The first-order valence-corrected chi connectivity index (χ1v) is 12.4. The van der Waals surface area contributed by atoms with Crippen LogP contribution in [0.4, 0.5) is 0 Å². The summed E-state index contributed by atoms with van der Waals surface area (Å²) in [5, 5.41) is 4.34. The molecule has 2 heterocycles. The van der Waals surface area contributed by atoms with E-state index in [1.54, 1.807) is 23.0 Å². The van der Waals surface area contributed by atoms with Gasteiger partial charge in [0, 0.05) is 17.9 Å². The van der Waals surface area contributed by atoms with Crippen molar-refractivity contribution in [1.82, 2.24) is 9.78 Å². The van der Waals surface area contributed by atoms with Gasteiger partial charge in [-0.15, -0.1) is 0 Å². The molecule has 1 aliphatic heterocycles. The molecule has 0 saturated carbocycles. The molecule has 1 saturated heterocycles. The molecule has 0 atom stereocenters. The van der Waals surface area contributed by atoms with Crippen LogP contribution in [0.25, 0.3) is 0 Å². The summed E-state index contributed by atoms with van der Waals surface area (Å²) in [5.74, 6) is 0. The third-order valence-electron chi connectivity index (χ3n) is 5.79. The summed E-state index contributed by atoms with van der Waals surface area (Å²) >= 11 is 0. The van der Waals surface area contributed by atoms with Crippen molar-refractivity contribution in [2.24, 2.45) is 0 Å². The molecule has 3 rings (SSSR count). The van der Waals surface area contributed by atoms with E-state index in [1.807, 2.05) is 40.8 Å². The molecule has 9 nitrogen and oxygen atoms in total. The van der Waals surface area contributed by atoms with E-state index in [2.05, 4.69) is 5.10 Å². The minimum absolute atomic E-state index is 0.0504. The standard InChI is InChI=1S/C22H33BN2O7S/c1-18-6-8-20(9-7-18)33(26,27)30-15-14-29-13-12-28-11-10-25-17-19(16-24-25)23-31-21(2,3)22(4,5)32-23/h6-9,16-17H,10-15H2,1-5H3. The maximum atomic E-state index is 12.1. The van der Waals surface area contributed by atoms with E-state index >= 15 is 0 Å². The van der Waals surface area contributed by atoms with Crippen LogP contribution in [0.2, 0.25) is 0 Å². The van der Waals surface area contributed by atoms with Crippen LogP contribution in [0.1, 0.15) is 33.3 Å². The average Bonchev–Trinajstić information content (AvgIpc) is 3.28. The molecule has 182 valence electrons. The fraction of sp³-hybridized carbons (Fsp3) is 0.591. The number of benzene rings is 1. The Balaban J connectivity index is 1.27. The zero-order chi connectivity index (χ0) is 24.1. The van der Waals surface area contributed by atoms with Crippen LogP contribution in [0.15, 0.2) is 41.6 Å². The summed E-state index contributed by atoms with van der Waals surface area (Å²) in [6.07, 6.45) is 3.64. The second-order valence-corrected chi connectivity index (χ2v) is 10.6. The van der Waals surface area contributed by atoms with Gasteiger partial charge < -0.3 is 18.8 Å². The van der Waals surface area contributed by atoms with Crippen LogP contribution in [0.5, 0.6) is 0 Å². The van der Waals surface area contributed by atoms with Crippen molar-refractivity contribution in [2.45, 2.75) is 57.3 Å². The van der Waals surface area contributed by atoms with Gasteiger partial charge in [-0.05, 0) is 46.8 Å². The van der Waals surface area contributed by atoms with Crippen molar-refractivity contribution in [3.63, 3.8) is 0 Å². The quantitative estimate of drug-likeness (QED) is 0.258. The summed E-state index contributed by atoms with van der Waals surface area (Å²) < 4.78 is 53.9. The Hall–Kier alpha value is -1.76. The van der Waals surface area contributed by atoms with Crippen LogP contribution in [-0.4, -0.2) is 69.6 Å². The molecule has 0 amide bonds. The van der Waals surface area contributed by atoms with E-state index in [4.69, 9.17) is 23.0 Å². The van der Waals surface area contributed by atoms with Crippen LogP contribution < -0.4 is 5.46 Å². The normalized spacial score (nSPS) is 17.5.